The third-order valence-electron chi connectivity index (χ3n) is 2.69. The Morgan fingerprint density at radius 1 is 1.44 bits per heavy atom. The van der Waals surface area contributed by atoms with Crippen LogP contribution in [0.25, 0.3) is 0 Å². The number of amides is 1. The molecule has 0 aliphatic heterocycles. The zero-order chi connectivity index (χ0) is 12.9. The van der Waals surface area contributed by atoms with Crippen LogP contribution in [-0.2, 0) is 4.79 Å². The maximum Gasteiger partial charge on any atom is 0.224 e. The summed E-state index contributed by atoms with van der Waals surface area (Å²) >= 11 is 0. The largest absolute Gasteiger partial charge is 0.334 e. The Morgan fingerprint density at radius 3 is 2.25 bits per heavy atom. The van der Waals surface area contributed by atoms with Crippen LogP contribution in [0.4, 0.5) is 0 Å². The van der Waals surface area contributed by atoms with Gasteiger partial charge in [0.1, 0.15) is 0 Å². The predicted octanol–water partition coefficient (Wildman–Crippen LogP) is 2.17. The fourth-order valence-corrected chi connectivity index (χ4v) is 1.43. The van der Waals surface area contributed by atoms with Gasteiger partial charge in [-0.2, -0.15) is 0 Å². The second-order valence-corrected chi connectivity index (χ2v) is 5.58. The van der Waals surface area contributed by atoms with E-state index in [2.05, 4.69) is 6.58 Å². The maximum atomic E-state index is 12.1. The number of hydrogen-bond donors (Lipinski definition) is 1. The Labute approximate surface area is 99.7 Å². The van der Waals surface area contributed by atoms with Crippen LogP contribution in [-0.4, -0.2) is 28.9 Å². The van der Waals surface area contributed by atoms with Gasteiger partial charge in [0.05, 0.1) is 0 Å². The second kappa shape index (κ2) is 6.04. The van der Waals surface area contributed by atoms with Gasteiger partial charge in [-0.25, -0.2) is 0 Å². The van der Waals surface area contributed by atoms with Crippen LogP contribution < -0.4 is 5.73 Å². The van der Waals surface area contributed by atoms with E-state index < -0.39 is 0 Å². The number of carbonyl (C=O) groups excluding carboxylic acids is 1. The molecule has 1 amide bonds. The van der Waals surface area contributed by atoms with Crippen molar-refractivity contribution in [2.45, 2.75) is 52.6 Å². The molecule has 1 atom stereocenters. The van der Waals surface area contributed by atoms with Crippen LogP contribution in [0.15, 0.2) is 12.7 Å². The van der Waals surface area contributed by atoms with Crippen LogP contribution in [0, 0.1) is 5.92 Å². The standard InChI is InChI=1S/C13H26N2O/c1-7-8-15(13(4,5)6)12(16)9-11(14)10(2)3/h7,10-11H,1,8-9,14H2,2-6H3. The van der Waals surface area contributed by atoms with E-state index in [0.717, 1.165) is 0 Å². The molecule has 16 heavy (non-hydrogen) atoms. The van der Waals surface area contributed by atoms with E-state index in [1.165, 1.54) is 0 Å². The minimum atomic E-state index is -0.179. The van der Waals surface area contributed by atoms with E-state index >= 15 is 0 Å². The molecular formula is C13H26N2O. The van der Waals surface area contributed by atoms with E-state index in [-0.39, 0.29) is 17.5 Å². The first-order valence-corrected chi connectivity index (χ1v) is 5.87. The molecule has 0 aromatic rings. The molecule has 3 heteroatoms. The SMILES string of the molecule is C=CCN(C(=O)CC(N)C(C)C)C(C)(C)C. The molecule has 0 aromatic carbocycles. The number of carbonyl (C=O) groups is 1. The fraction of sp³-hybridized carbons (Fsp3) is 0.769. The maximum absolute atomic E-state index is 12.1. The Balaban J connectivity index is 4.57. The van der Waals surface area contributed by atoms with Gasteiger partial charge < -0.3 is 10.6 Å². The van der Waals surface area contributed by atoms with E-state index in [4.69, 9.17) is 5.73 Å². The van der Waals surface area contributed by atoms with Crippen molar-refractivity contribution in [2.24, 2.45) is 11.7 Å². The molecule has 0 heterocycles. The molecular weight excluding hydrogens is 200 g/mol. The molecule has 0 spiro atoms. The zero-order valence-electron chi connectivity index (χ0n) is 11.3. The van der Waals surface area contributed by atoms with Gasteiger partial charge >= 0.3 is 0 Å². The van der Waals surface area contributed by atoms with Gasteiger partial charge in [-0.05, 0) is 26.7 Å². The molecule has 1 unspecified atom stereocenters. The van der Waals surface area contributed by atoms with Crippen LogP contribution in [0.5, 0.6) is 0 Å². The van der Waals surface area contributed by atoms with E-state index in [1.54, 1.807) is 6.08 Å². The summed E-state index contributed by atoms with van der Waals surface area (Å²) < 4.78 is 0. The molecule has 0 aliphatic carbocycles. The Hall–Kier alpha value is -0.830. The summed E-state index contributed by atoms with van der Waals surface area (Å²) in [5.41, 5.74) is 5.74. The van der Waals surface area contributed by atoms with Crippen molar-refractivity contribution in [1.82, 2.24) is 4.90 Å². The topological polar surface area (TPSA) is 46.3 Å². The van der Waals surface area contributed by atoms with Crippen molar-refractivity contribution >= 4 is 5.91 Å². The van der Waals surface area contributed by atoms with Gasteiger partial charge in [0.25, 0.3) is 0 Å². The lowest BCUT2D eigenvalue weighted by Gasteiger charge is -2.36. The fourth-order valence-electron chi connectivity index (χ4n) is 1.43. The third-order valence-corrected chi connectivity index (χ3v) is 2.69. The molecule has 0 saturated heterocycles. The summed E-state index contributed by atoms with van der Waals surface area (Å²) in [6.07, 6.45) is 2.16. The summed E-state index contributed by atoms with van der Waals surface area (Å²) in [7, 11) is 0. The third kappa shape index (κ3) is 4.79. The van der Waals surface area contributed by atoms with Gasteiger partial charge in [-0.3, -0.25) is 4.79 Å². The number of hydrogen-bond acceptors (Lipinski definition) is 2. The normalized spacial score (nSPS) is 13.7. The van der Waals surface area contributed by atoms with Gasteiger partial charge in [0.15, 0.2) is 0 Å². The summed E-state index contributed by atoms with van der Waals surface area (Å²) in [6, 6.07) is -0.0674. The second-order valence-electron chi connectivity index (χ2n) is 5.58. The average molecular weight is 226 g/mol. The van der Waals surface area contributed by atoms with Crippen molar-refractivity contribution in [2.75, 3.05) is 6.54 Å². The minimum absolute atomic E-state index is 0.0674. The first-order valence-electron chi connectivity index (χ1n) is 5.87. The highest BCUT2D eigenvalue weighted by Gasteiger charge is 2.26. The minimum Gasteiger partial charge on any atom is -0.334 e. The molecule has 0 rings (SSSR count). The van der Waals surface area contributed by atoms with E-state index in [9.17, 15) is 4.79 Å². The lowest BCUT2D eigenvalue weighted by atomic mass is 9.99. The van der Waals surface area contributed by atoms with Crippen molar-refractivity contribution in [1.29, 1.82) is 0 Å². The lowest BCUT2D eigenvalue weighted by molar-refractivity contribution is -0.135. The van der Waals surface area contributed by atoms with Crippen molar-refractivity contribution in [3.05, 3.63) is 12.7 Å². The summed E-state index contributed by atoms with van der Waals surface area (Å²) in [4.78, 5) is 13.9. The van der Waals surface area contributed by atoms with Crippen LogP contribution >= 0.6 is 0 Å². The van der Waals surface area contributed by atoms with Crippen LogP contribution in [0.3, 0.4) is 0 Å². The molecule has 0 aliphatic rings. The first kappa shape index (κ1) is 15.2. The van der Waals surface area contributed by atoms with Crippen molar-refractivity contribution in [3.8, 4) is 0 Å². The van der Waals surface area contributed by atoms with Crippen LogP contribution in [0.1, 0.15) is 41.0 Å². The highest BCUT2D eigenvalue weighted by Crippen LogP contribution is 2.16. The Bertz CT molecular complexity index is 241. The molecule has 0 bridgehead atoms. The van der Waals surface area contributed by atoms with Gasteiger partial charge in [-0.15, -0.1) is 6.58 Å². The first-order chi connectivity index (χ1) is 7.20. The highest BCUT2D eigenvalue weighted by atomic mass is 16.2. The van der Waals surface area contributed by atoms with Gasteiger partial charge in [0.2, 0.25) is 5.91 Å². The van der Waals surface area contributed by atoms with Gasteiger partial charge in [0, 0.05) is 24.5 Å². The zero-order valence-corrected chi connectivity index (χ0v) is 11.3. The molecule has 0 radical (unpaired) electrons. The summed E-state index contributed by atoms with van der Waals surface area (Å²) in [5.74, 6) is 0.433. The molecule has 0 fully saturated rings. The monoisotopic (exact) mass is 226 g/mol. The Kier molecular flexibility index (Phi) is 5.73. The Morgan fingerprint density at radius 2 is 1.94 bits per heavy atom. The lowest BCUT2D eigenvalue weighted by Crippen LogP contribution is -2.47. The summed E-state index contributed by atoms with van der Waals surface area (Å²) in [5, 5.41) is 0. The highest BCUT2D eigenvalue weighted by molar-refractivity contribution is 5.77. The van der Waals surface area contributed by atoms with E-state index in [0.29, 0.717) is 18.9 Å². The van der Waals surface area contributed by atoms with Crippen LogP contribution in [0.2, 0.25) is 0 Å². The number of nitrogens with two attached hydrogens (primary N) is 1. The van der Waals surface area contributed by atoms with Gasteiger partial charge in [-0.1, -0.05) is 19.9 Å². The quantitative estimate of drug-likeness (QED) is 0.730. The number of nitrogens with zero attached hydrogens (tertiary/aromatic N) is 1. The molecule has 0 saturated carbocycles. The molecule has 2 N–H and O–H groups in total. The van der Waals surface area contributed by atoms with E-state index in [1.807, 2.05) is 39.5 Å². The number of rotatable bonds is 5. The molecule has 94 valence electrons. The molecule has 3 nitrogen and oxygen atoms in total. The predicted molar refractivity (Wildman–Crippen MR) is 69.1 cm³/mol. The average Bonchev–Trinajstić information content (AvgIpc) is 2.11. The van der Waals surface area contributed by atoms with Crippen molar-refractivity contribution in [3.63, 3.8) is 0 Å². The van der Waals surface area contributed by atoms with Crippen molar-refractivity contribution < 1.29 is 4.79 Å². The molecule has 0 aromatic heterocycles. The smallest absolute Gasteiger partial charge is 0.224 e. The summed E-state index contributed by atoms with van der Waals surface area (Å²) in [6.45, 7) is 14.4.